The van der Waals surface area contributed by atoms with E-state index in [9.17, 15) is 10.1 Å². The van der Waals surface area contributed by atoms with Crippen LogP contribution in [0.15, 0.2) is 53.3 Å². The minimum absolute atomic E-state index is 0.0363. The van der Waals surface area contributed by atoms with Gasteiger partial charge in [0.05, 0.1) is 12.8 Å². The third kappa shape index (κ3) is 4.19. The molecular formula is C18H15N5O2S2. The van der Waals surface area contributed by atoms with Gasteiger partial charge in [-0.15, -0.1) is 0 Å². The molecule has 0 saturated carbocycles. The van der Waals surface area contributed by atoms with Crippen molar-refractivity contribution in [1.29, 1.82) is 5.26 Å². The fourth-order valence-corrected chi connectivity index (χ4v) is 3.49. The Morgan fingerprint density at radius 1 is 1.37 bits per heavy atom. The molecule has 0 atom stereocenters. The SMILES string of the molecule is COc1ccccc1-n1cccc1/C=C(/C#N)C(=O)Nc1nc(SC)ns1. The van der Waals surface area contributed by atoms with Gasteiger partial charge < -0.3 is 9.30 Å². The maximum atomic E-state index is 12.4. The van der Waals surface area contributed by atoms with Crippen molar-refractivity contribution < 1.29 is 9.53 Å². The summed E-state index contributed by atoms with van der Waals surface area (Å²) < 4.78 is 11.3. The molecule has 2 aromatic heterocycles. The molecule has 0 radical (unpaired) electrons. The maximum absolute atomic E-state index is 12.4. The van der Waals surface area contributed by atoms with E-state index in [4.69, 9.17) is 4.74 Å². The fraction of sp³-hybridized carbons (Fsp3) is 0.111. The number of nitrogens with zero attached hydrogens (tertiary/aromatic N) is 4. The summed E-state index contributed by atoms with van der Waals surface area (Å²) in [6, 6.07) is 13.1. The maximum Gasteiger partial charge on any atom is 0.268 e. The van der Waals surface area contributed by atoms with Crippen LogP contribution in [0, 0.1) is 11.3 Å². The van der Waals surface area contributed by atoms with Crippen molar-refractivity contribution in [3.63, 3.8) is 0 Å². The van der Waals surface area contributed by atoms with Gasteiger partial charge in [-0.25, -0.2) is 0 Å². The largest absolute Gasteiger partial charge is 0.495 e. The van der Waals surface area contributed by atoms with E-state index in [2.05, 4.69) is 14.7 Å². The fourth-order valence-electron chi connectivity index (χ4n) is 2.36. The molecule has 0 aliphatic heterocycles. The molecule has 2 heterocycles. The second-order valence-corrected chi connectivity index (χ2v) is 6.71. The molecule has 1 aromatic carbocycles. The number of hydrogen-bond donors (Lipinski definition) is 1. The molecule has 1 N–H and O–H groups in total. The van der Waals surface area contributed by atoms with Gasteiger partial charge in [-0.05, 0) is 36.6 Å². The number of carbonyl (C=O) groups excluding carboxylic acids is 1. The Kier molecular flexibility index (Phi) is 5.90. The molecule has 0 unspecified atom stereocenters. The predicted molar refractivity (Wildman–Crippen MR) is 106 cm³/mol. The molecule has 9 heteroatoms. The number of carbonyl (C=O) groups is 1. The third-order valence-electron chi connectivity index (χ3n) is 3.59. The Morgan fingerprint density at radius 3 is 2.89 bits per heavy atom. The quantitative estimate of drug-likeness (QED) is 0.388. The van der Waals surface area contributed by atoms with Gasteiger partial charge in [0.1, 0.15) is 17.4 Å². The molecule has 136 valence electrons. The second-order valence-electron chi connectivity index (χ2n) is 5.19. The highest BCUT2D eigenvalue weighted by Crippen LogP contribution is 2.25. The minimum Gasteiger partial charge on any atom is -0.495 e. The Hall–Kier alpha value is -3.09. The Labute approximate surface area is 164 Å². The summed E-state index contributed by atoms with van der Waals surface area (Å²) >= 11 is 2.45. The van der Waals surface area contributed by atoms with Crippen LogP contribution in [0.1, 0.15) is 5.69 Å². The van der Waals surface area contributed by atoms with Crippen molar-refractivity contribution >= 4 is 40.4 Å². The van der Waals surface area contributed by atoms with Gasteiger partial charge in [0.2, 0.25) is 10.3 Å². The summed E-state index contributed by atoms with van der Waals surface area (Å²) in [6.45, 7) is 0. The van der Waals surface area contributed by atoms with Gasteiger partial charge in [0.15, 0.2) is 0 Å². The zero-order chi connectivity index (χ0) is 19.2. The minimum atomic E-state index is -0.533. The molecule has 0 saturated heterocycles. The zero-order valence-electron chi connectivity index (χ0n) is 14.5. The summed E-state index contributed by atoms with van der Waals surface area (Å²) in [4.78, 5) is 16.6. The smallest absolute Gasteiger partial charge is 0.268 e. The van der Waals surface area contributed by atoms with Crippen LogP contribution in [-0.2, 0) is 4.79 Å². The molecule has 0 aliphatic carbocycles. The highest BCUT2D eigenvalue weighted by atomic mass is 32.2. The number of nitriles is 1. The summed E-state index contributed by atoms with van der Waals surface area (Å²) in [6.07, 6.45) is 5.21. The number of amides is 1. The van der Waals surface area contributed by atoms with Crippen molar-refractivity contribution in [3.8, 4) is 17.5 Å². The first-order valence-corrected chi connectivity index (χ1v) is 9.77. The molecule has 0 aliphatic rings. The van der Waals surface area contributed by atoms with E-state index in [1.807, 2.05) is 59.5 Å². The number of benzene rings is 1. The van der Waals surface area contributed by atoms with E-state index in [-0.39, 0.29) is 5.57 Å². The van der Waals surface area contributed by atoms with E-state index in [1.165, 1.54) is 17.8 Å². The van der Waals surface area contributed by atoms with Crippen molar-refractivity contribution in [3.05, 3.63) is 53.9 Å². The molecular weight excluding hydrogens is 382 g/mol. The summed E-state index contributed by atoms with van der Waals surface area (Å²) in [5.74, 6) is 0.152. The van der Waals surface area contributed by atoms with E-state index in [0.717, 1.165) is 17.2 Å². The van der Waals surface area contributed by atoms with Crippen LogP contribution >= 0.6 is 23.3 Å². The molecule has 0 fully saturated rings. The third-order valence-corrected chi connectivity index (χ3v) is 4.89. The highest BCUT2D eigenvalue weighted by Gasteiger charge is 2.14. The van der Waals surface area contributed by atoms with Crippen LogP contribution in [0.4, 0.5) is 5.13 Å². The van der Waals surface area contributed by atoms with E-state index in [0.29, 0.717) is 21.7 Å². The van der Waals surface area contributed by atoms with Crippen LogP contribution in [-0.4, -0.2) is 33.2 Å². The zero-order valence-corrected chi connectivity index (χ0v) is 16.2. The molecule has 0 spiro atoms. The van der Waals surface area contributed by atoms with Crippen LogP contribution < -0.4 is 10.1 Å². The number of para-hydroxylation sites is 2. The predicted octanol–water partition coefficient (Wildman–Crippen LogP) is 3.60. The normalized spacial score (nSPS) is 11.1. The first-order chi connectivity index (χ1) is 13.2. The molecule has 3 rings (SSSR count). The Bertz CT molecular complexity index is 1030. The highest BCUT2D eigenvalue weighted by molar-refractivity contribution is 7.98. The van der Waals surface area contributed by atoms with Gasteiger partial charge >= 0.3 is 0 Å². The van der Waals surface area contributed by atoms with Crippen LogP contribution in [0.3, 0.4) is 0 Å². The summed E-state index contributed by atoms with van der Waals surface area (Å²) in [5.41, 5.74) is 1.45. The summed E-state index contributed by atoms with van der Waals surface area (Å²) in [5, 5.41) is 13.0. The summed E-state index contributed by atoms with van der Waals surface area (Å²) in [7, 11) is 1.59. The molecule has 0 bridgehead atoms. The van der Waals surface area contributed by atoms with Gasteiger partial charge in [-0.1, -0.05) is 23.9 Å². The van der Waals surface area contributed by atoms with Gasteiger partial charge in [-0.2, -0.15) is 14.6 Å². The van der Waals surface area contributed by atoms with E-state index >= 15 is 0 Å². The van der Waals surface area contributed by atoms with Crippen LogP contribution in [0.5, 0.6) is 5.75 Å². The lowest BCUT2D eigenvalue weighted by Crippen LogP contribution is -2.13. The molecule has 7 nitrogen and oxygen atoms in total. The monoisotopic (exact) mass is 397 g/mol. The molecule has 27 heavy (non-hydrogen) atoms. The number of anilines is 1. The number of aromatic nitrogens is 3. The van der Waals surface area contributed by atoms with Gasteiger partial charge in [-0.3, -0.25) is 10.1 Å². The Balaban J connectivity index is 1.90. The average molecular weight is 397 g/mol. The van der Waals surface area contributed by atoms with Crippen LogP contribution in [0.25, 0.3) is 11.8 Å². The molecule has 3 aromatic rings. The first-order valence-electron chi connectivity index (χ1n) is 7.78. The van der Waals surface area contributed by atoms with Crippen molar-refractivity contribution in [2.24, 2.45) is 0 Å². The number of hydrogen-bond acceptors (Lipinski definition) is 7. The Morgan fingerprint density at radius 2 is 2.19 bits per heavy atom. The number of nitrogens with one attached hydrogen (secondary N) is 1. The van der Waals surface area contributed by atoms with Gasteiger partial charge in [0.25, 0.3) is 5.91 Å². The second kappa shape index (κ2) is 8.53. The van der Waals surface area contributed by atoms with Crippen LogP contribution in [0.2, 0.25) is 0 Å². The lowest BCUT2D eigenvalue weighted by molar-refractivity contribution is -0.112. The average Bonchev–Trinajstić information content (AvgIpc) is 3.34. The van der Waals surface area contributed by atoms with Gasteiger partial charge in [0, 0.05) is 23.4 Å². The van der Waals surface area contributed by atoms with Crippen molar-refractivity contribution in [2.75, 3.05) is 18.7 Å². The van der Waals surface area contributed by atoms with E-state index < -0.39 is 5.91 Å². The number of methoxy groups -OCH3 is 1. The number of rotatable bonds is 6. The van der Waals surface area contributed by atoms with E-state index in [1.54, 1.807) is 7.11 Å². The topological polar surface area (TPSA) is 92.8 Å². The van der Waals surface area contributed by atoms with Crippen molar-refractivity contribution in [2.45, 2.75) is 5.16 Å². The van der Waals surface area contributed by atoms with Crippen molar-refractivity contribution in [1.82, 2.24) is 13.9 Å². The lowest BCUT2D eigenvalue weighted by Gasteiger charge is -2.11. The lowest BCUT2D eigenvalue weighted by atomic mass is 10.2. The first kappa shape index (κ1) is 18.7. The number of ether oxygens (including phenoxy) is 1. The molecule has 1 amide bonds. The standard InChI is InChI=1S/C18H15N5O2S2/c1-25-15-8-4-3-7-14(15)23-9-5-6-13(23)10-12(11-19)16(24)20-17-21-18(26-2)22-27-17/h3-10H,1-2H3,(H,20,21,22,24)/b12-10-. The number of thioether (sulfide) groups is 1.